The van der Waals surface area contributed by atoms with Crippen molar-refractivity contribution in [3.63, 3.8) is 0 Å². The standard InChI is InChI=1S/C19H26ClN3O2.ClH/c1-21-9-6-14-7-10-22(11-8-14)19(25)15-12-18(24)23(13-15)17-4-2-16(20)3-5-17;/h2-5,14-15,21H,6-13H2,1H3;1H. The molecule has 3 rings (SSSR count). The van der Waals surface area contributed by atoms with Crippen LogP contribution in [0.2, 0.25) is 5.02 Å². The van der Waals surface area contributed by atoms with Crippen LogP contribution in [0.15, 0.2) is 24.3 Å². The van der Waals surface area contributed by atoms with Crippen LogP contribution in [0.1, 0.15) is 25.7 Å². The smallest absolute Gasteiger partial charge is 0.228 e. The average Bonchev–Trinajstić information content (AvgIpc) is 3.02. The van der Waals surface area contributed by atoms with Gasteiger partial charge in [-0.15, -0.1) is 12.4 Å². The number of rotatable bonds is 5. The summed E-state index contributed by atoms with van der Waals surface area (Å²) in [6.45, 7) is 3.14. The fourth-order valence-corrected chi connectivity index (χ4v) is 3.92. The van der Waals surface area contributed by atoms with Gasteiger partial charge in [-0.2, -0.15) is 0 Å². The lowest BCUT2D eigenvalue weighted by atomic mass is 9.92. The molecule has 1 N–H and O–H groups in total. The molecular formula is C19H27Cl2N3O2. The Hall–Kier alpha value is -1.30. The zero-order valence-corrected chi connectivity index (χ0v) is 16.7. The van der Waals surface area contributed by atoms with Crippen molar-refractivity contribution in [3.05, 3.63) is 29.3 Å². The number of piperidine rings is 1. The van der Waals surface area contributed by atoms with Crippen LogP contribution in [-0.2, 0) is 9.59 Å². The number of benzene rings is 1. The van der Waals surface area contributed by atoms with Gasteiger partial charge in [-0.25, -0.2) is 0 Å². The topological polar surface area (TPSA) is 52.7 Å². The van der Waals surface area contributed by atoms with Gasteiger partial charge in [-0.1, -0.05) is 11.6 Å². The normalized spacial score (nSPS) is 21.0. The van der Waals surface area contributed by atoms with Crippen molar-refractivity contribution in [2.24, 2.45) is 11.8 Å². The van der Waals surface area contributed by atoms with Crippen molar-refractivity contribution in [1.82, 2.24) is 10.2 Å². The highest BCUT2D eigenvalue weighted by Gasteiger charge is 2.38. The van der Waals surface area contributed by atoms with Crippen molar-refractivity contribution in [1.29, 1.82) is 0 Å². The van der Waals surface area contributed by atoms with Crippen molar-refractivity contribution in [2.45, 2.75) is 25.7 Å². The Morgan fingerprint density at radius 1 is 1.23 bits per heavy atom. The molecule has 0 radical (unpaired) electrons. The van der Waals surface area contributed by atoms with Gasteiger partial charge in [0.25, 0.3) is 0 Å². The number of nitrogens with zero attached hydrogens (tertiary/aromatic N) is 2. The Morgan fingerprint density at radius 3 is 2.50 bits per heavy atom. The van der Waals surface area contributed by atoms with Crippen LogP contribution in [0.5, 0.6) is 0 Å². The van der Waals surface area contributed by atoms with E-state index in [2.05, 4.69) is 5.32 Å². The molecule has 2 aliphatic rings. The molecule has 7 heteroatoms. The Bertz CT molecular complexity index is 616. The van der Waals surface area contributed by atoms with Crippen LogP contribution in [0.25, 0.3) is 0 Å². The molecule has 1 atom stereocenters. The third kappa shape index (κ3) is 4.90. The molecule has 1 aromatic carbocycles. The largest absolute Gasteiger partial charge is 0.342 e. The molecule has 144 valence electrons. The number of likely N-dealkylation sites (tertiary alicyclic amines) is 1. The van der Waals surface area contributed by atoms with Crippen LogP contribution >= 0.6 is 24.0 Å². The van der Waals surface area contributed by atoms with Crippen molar-refractivity contribution >= 4 is 41.5 Å². The lowest BCUT2D eigenvalue weighted by molar-refractivity contribution is -0.137. The van der Waals surface area contributed by atoms with Gasteiger partial charge in [0.05, 0.1) is 5.92 Å². The monoisotopic (exact) mass is 399 g/mol. The van der Waals surface area contributed by atoms with Crippen molar-refractivity contribution in [2.75, 3.05) is 38.1 Å². The van der Waals surface area contributed by atoms with Gasteiger partial charge in [-0.3, -0.25) is 9.59 Å². The predicted octanol–water partition coefficient (Wildman–Crippen LogP) is 2.96. The highest BCUT2D eigenvalue weighted by Crippen LogP contribution is 2.29. The molecule has 0 aliphatic carbocycles. The molecule has 2 fully saturated rings. The van der Waals surface area contributed by atoms with E-state index in [1.807, 2.05) is 24.1 Å². The van der Waals surface area contributed by atoms with E-state index in [1.165, 1.54) is 6.42 Å². The minimum atomic E-state index is -0.225. The quantitative estimate of drug-likeness (QED) is 0.827. The maximum Gasteiger partial charge on any atom is 0.228 e. The number of carbonyl (C=O) groups is 2. The molecule has 5 nitrogen and oxygen atoms in total. The maximum absolute atomic E-state index is 12.8. The van der Waals surface area contributed by atoms with Gasteiger partial charge >= 0.3 is 0 Å². The van der Waals surface area contributed by atoms with E-state index in [0.717, 1.165) is 38.2 Å². The van der Waals surface area contributed by atoms with Crippen LogP contribution in [-0.4, -0.2) is 49.9 Å². The molecular weight excluding hydrogens is 373 g/mol. The Morgan fingerprint density at radius 2 is 1.88 bits per heavy atom. The first-order chi connectivity index (χ1) is 12.1. The van der Waals surface area contributed by atoms with Crippen LogP contribution < -0.4 is 10.2 Å². The minimum Gasteiger partial charge on any atom is -0.342 e. The molecule has 0 spiro atoms. The van der Waals surface area contributed by atoms with Gasteiger partial charge in [0.1, 0.15) is 0 Å². The molecule has 2 aliphatic heterocycles. The Kier molecular flexibility index (Phi) is 7.74. The lowest BCUT2D eigenvalue weighted by Crippen LogP contribution is -2.42. The summed E-state index contributed by atoms with van der Waals surface area (Å²) in [4.78, 5) is 28.8. The van der Waals surface area contributed by atoms with E-state index >= 15 is 0 Å². The van der Waals surface area contributed by atoms with Gasteiger partial charge in [-0.05, 0) is 63.0 Å². The third-order valence-electron chi connectivity index (χ3n) is 5.34. The van der Waals surface area contributed by atoms with Gasteiger partial charge in [0.2, 0.25) is 11.8 Å². The van der Waals surface area contributed by atoms with E-state index in [0.29, 0.717) is 23.9 Å². The van der Waals surface area contributed by atoms with Gasteiger partial charge in [0, 0.05) is 36.8 Å². The Labute approximate surface area is 166 Å². The third-order valence-corrected chi connectivity index (χ3v) is 5.59. The Balaban J connectivity index is 0.00000243. The molecule has 1 aromatic rings. The number of hydrogen-bond acceptors (Lipinski definition) is 3. The summed E-state index contributed by atoms with van der Waals surface area (Å²) in [5.41, 5.74) is 0.815. The molecule has 2 saturated heterocycles. The van der Waals surface area contributed by atoms with Gasteiger partial charge in [0.15, 0.2) is 0 Å². The summed E-state index contributed by atoms with van der Waals surface area (Å²) in [6, 6.07) is 7.21. The highest BCUT2D eigenvalue weighted by atomic mass is 35.5. The predicted molar refractivity (Wildman–Crippen MR) is 107 cm³/mol. The van der Waals surface area contributed by atoms with Crippen molar-refractivity contribution < 1.29 is 9.59 Å². The summed E-state index contributed by atoms with van der Waals surface area (Å²) in [5.74, 6) is 0.630. The summed E-state index contributed by atoms with van der Waals surface area (Å²) in [5, 5.41) is 3.83. The molecule has 0 bridgehead atoms. The van der Waals surface area contributed by atoms with E-state index in [-0.39, 0.29) is 30.1 Å². The number of amides is 2. The summed E-state index contributed by atoms with van der Waals surface area (Å²) in [7, 11) is 1.97. The van der Waals surface area contributed by atoms with Crippen LogP contribution in [0.4, 0.5) is 5.69 Å². The zero-order valence-electron chi connectivity index (χ0n) is 15.1. The maximum atomic E-state index is 12.8. The second-order valence-electron chi connectivity index (χ2n) is 7.04. The molecule has 0 aromatic heterocycles. The second-order valence-corrected chi connectivity index (χ2v) is 7.48. The second kappa shape index (κ2) is 9.58. The van der Waals surface area contributed by atoms with Crippen LogP contribution in [0, 0.1) is 11.8 Å². The molecule has 2 heterocycles. The highest BCUT2D eigenvalue weighted by molar-refractivity contribution is 6.30. The summed E-state index contributed by atoms with van der Waals surface area (Å²) >= 11 is 5.91. The van der Waals surface area contributed by atoms with Crippen molar-refractivity contribution in [3.8, 4) is 0 Å². The minimum absolute atomic E-state index is 0. The zero-order chi connectivity index (χ0) is 17.8. The first-order valence-corrected chi connectivity index (χ1v) is 9.45. The summed E-state index contributed by atoms with van der Waals surface area (Å²) in [6.07, 6.45) is 3.61. The number of nitrogens with one attached hydrogen (secondary N) is 1. The van der Waals surface area contributed by atoms with E-state index in [4.69, 9.17) is 11.6 Å². The molecule has 1 unspecified atom stereocenters. The number of anilines is 1. The fourth-order valence-electron chi connectivity index (χ4n) is 3.79. The molecule has 2 amide bonds. The lowest BCUT2D eigenvalue weighted by Gasteiger charge is -2.33. The van der Waals surface area contributed by atoms with E-state index in [9.17, 15) is 9.59 Å². The SMILES string of the molecule is CNCCC1CCN(C(=O)C2CC(=O)N(c3ccc(Cl)cc3)C2)CC1.Cl. The molecule has 0 saturated carbocycles. The first-order valence-electron chi connectivity index (χ1n) is 9.08. The van der Waals surface area contributed by atoms with E-state index < -0.39 is 0 Å². The van der Waals surface area contributed by atoms with E-state index in [1.54, 1.807) is 17.0 Å². The number of halogens is 2. The average molecular weight is 400 g/mol. The first kappa shape index (κ1) is 21.0. The fraction of sp³-hybridized carbons (Fsp3) is 0.579. The number of hydrogen-bond donors (Lipinski definition) is 1. The van der Waals surface area contributed by atoms with Crippen LogP contribution in [0.3, 0.4) is 0 Å². The summed E-state index contributed by atoms with van der Waals surface area (Å²) < 4.78 is 0. The number of carbonyl (C=O) groups excluding carboxylic acids is 2. The molecule has 26 heavy (non-hydrogen) atoms. The van der Waals surface area contributed by atoms with Gasteiger partial charge < -0.3 is 15.1 Å².